The van der Waals surface area contributed by atoms with Gasteiger partial charge in [-0.25, -0.2) is 0 Å². The van der Waals surface area contributed by atoms with Gasteiger partial charge in [0.25, 0.3) is 0 Å². The van der Waals surface area contributed by atoms with Crippen molar-refractivity contribution in [1.82, 2.24) is 0 Å². The molecule has 4 rings (SSSR count). The van der Waals surface area contributed by atoms with E-state index in [0.29, 0.717) is 18.6 Å². The van der Waals surface area contributed by atoms with Crippen molar-refractivity contribution in [1.29, 1.82) is 0 Å². The molecule has 1 aromatic rings. The van der Waals surface area contributed by atoms with Gasteiger partial charge >= 0.3 is 5.97 Å². The van der Waals surface area contributed by atoms with Crippen LogP contribution in [0.2, 0.25) is 0 Å². The van der Waals surface area contributed by atoms with Gasteiger partial charge in [0.1, 0.15) is 6.10 Å². The Morgan fingerprint density at radius 3 is 2.77 bits per heavy atom. The van der Waals surface area contributed by atoms with E-state index in [1.807, 2.05) is 25.1 Å². The zero-order valence-electron chi connectivity index (χ0n) is 19.0. The van der Waals surface area contributed by atoms with Crippen LogP contribution in [-0.2, 0) is 14.3 Å². The number of aliphatic hydroxyl groups is 1. The summed E-state index contributed by atoms with van der Waals surface area (Å²) < 4.78 is 12.5. The molecule has 170 valence electrons. The highest BCUT2D eigenvalue weighted by atomic mass is 32.2. The molecule has 2 saturated heterocycles. The zero-order chi connectivity index (χ0) is 22.0. The number of hydrogen-bond acceptors (Lipinski definition) is 5. The molecule has 31 heavy (non-hydrogen) atoms. The molecule has 1 aromatic carbocycles. The summed E-state index contributed by atoms with van der Waals surface area (Å²) in [5.41, 5.74) is 0.486. The average Bonchev–Trinajstić information content (AvgIpc) is 3.06. The van der Waals surface area contributed by atoms with Crippen LogP contribution in [0.15, 0.2) is 46.9 Å². The molecule has 0 spiro atoms. The first kappa shape index (κ1) is 22.9. The van der Waals surface area contributed by atoms with E-state index in [1.165, 1.54) is 10.5 Å². The van der Waals surface area contributed by atoms with Crippen LogP contribution in [-0.4, -0.2) is 40.7 Å². The molecule has 3 heterocycles. The summed E-state index contributed by atoms with van der Waals surface area (Å²) in [4.78, 5) is 14.1. The molecule has 0 aliphatic carbocycles. The normalized spacial score (nSPS) is 40.6. The van der Waals surface area contributed by atoms with Gasteiger partial charge in [-0.05, 0) is 70.4 Å². The highest BCUT2D eigenvalue weighted by Crippen LogP contribution is 2.46. The highest BCUT2D eigenvalue weighted by molar-refractivity contribution is 7.99. The van der Waals surface area contributed by atoms with Crippen LogP contribution in [0.3, 0.4) is 0 Å². The van der Waals surface area contributed by atoms with E-state index in [1.54, 1.807) is 11.8 Å². The van der Waals surface area contributed by atoms with Gasteiger partial charge in [-0.2, -0.15) is 0 Å². The van der Waals surface area contributed by atoms with E-state index < -0.39 is 5.60 Å². The fourth-order valence-corrected chi connectivity index (χ4v) is 6.49. The molecule has 2 fully saturated rings. The van der Waals surface area contributed by atoms with Crippen LogP contribution in [0.25, 0.3) is 0 Å². The van der Waals surface area contributed by atoms with E-state index in [-0.39, 0.29) is 42.0 Å². The smallest absolute Gasteiger partial charge is 0.310 e. The summed E-state index contributed by atoms with van der Waals surface area (Å²) in [6.07, 6.45) is 7.09. The summed E-state index contributed by atoms with van der Waals surface area (Å²) in [6, 6.07) is 10.2. The van der Waals surface area contributed by atoms with Gasteiger partial charge in [-0.15, -0.1) is 11.8 Å². The lowest BCUT2D eigenvalue weighted by molar-refractivity contribution is -0.210. The molecule has 0 amide bonds. The molecular formula is C26H36O4S. The topological polar surface area (TPSA) is 55.8 Å². The Balaban J connectivity index is 1.56. The Bertz CT molecular complexity index is 790. The molecule has 0 radical (unpaired) electrons. The second-order valence-corrected chi connectivity index (χ2v) is 11.0. The van der Waals surface area contributed by atoms with Crippen molar-refractivity contribution in [3.63, 3.8) is 0 Å². The number of hydrogen-bond donors (Lipinski definition) is 1. The molecule has 2 bridgehead atoms. The maximum atomic E-state index is 12.9. The lowest BCUT2D eigenvalue weighted by Gasteiger charge is -2.46. The molecule has 4 nitrogen and oxygen atoms in total. The quantitative estimate of drug-likeness (QED) is 0.385. The van der Waals surface area contributed by atoms with E-state index in [2.05, 4.69) is 32.1 Å². The fraction of sp³-hybridized carbons (Fsp3) is 0.654. The number of benzene rings is 1. The van der Waals surface area contributed by atoms with Crippen LogP contribution in [0.4, 0.5) is 0 Å². The third-order valence-corrected chi connectivity index (χ3v) is 8.56. The van der Waals surface area contributed by atoms with Crippen molar-refractivity contribution in [2.75, 3.05) is 5.75 Å². The first-order chi connectivity index (χ1) is 14.8. The second kappa shape index (κ2) is 9.68. The van der Waals surface area contributed by atoms with Gasteiger partial charge in [0.05, 0.1) is 23.7 Å². The van der Waals surface area contributed by atoms with Crippen molar-refractivity contribution in [2.45, 2.75) is 88.1 Å². The highest BCUT2D eigenvalue weighted by Gasteiger charge is 2.55. The Labute approximate surface area is 190 Å². The van der Waals surface area contributed by atoms with Crippen molar-refractivity contribution in [2.24, 2.45) is 17.8 Å². The van der Waals surface area contributed by atoms with Gasteiger partial charge in [0.15, 0.2) is 0 Å². The molecule has 0 aromatic heterocycles. The summed E-state index contributed by atoms with van der Waals surface area (Å²) in [7, 11) is 0. The zero-order valence-corrected chi connectivity index (χ0v) is 19.8. The van der Waals surface area contributed by atoms with E-state index in [4.69, 9.17) is 9.47 Å². The first-order valence-electron chi connectivity index (χ1n) is 11.8. The number of carbonyl (C=O) groups excluding carboxylic acids is 1. The average molecular weight is 445 g/mol. The van der Waals surface area contributed by atoms with Gasteiger partial charge in [0.2, 0.25) is 0 Å². The maximum Gasteiger partial charge on any atom is 0.310 e. The van der Waals surface area contributed by atoms with Crippen LogP contribution < -0.4 is 0 Å². The number of thioether (sulfide) groups is 1. The van der Waals surface area contributed by atoms with E-state index >= 15 is 0 Å². The number of allylic oxidation sites excluding steroid dienone is 2. The molecular weight excluding hydrogens is 408 g/mol. The predicted octanol–water partition coefficient (Wildman–Crippen LogP) is 5.39. The summed E-state index contributed by atoms with van der Waals surface area (Å²) in [6.45, 7) is 6.30. The number of fused-ring (bicyclic) bond motifs is 4. The van der Waals surface area contributed by atoms with Crippen molar-refractivity contribution in [3.05, 3.63) is 42.0 Å². The van der Waals surface area contributed by atoms with Crippen molar-refractivity contribution >= 4 is 17.7 Å². The minimum Gasteiger partial charge on any atom is -0.459 e. The number of carbonyl (C=O) groups is 1. The van der Waals surface area contributed by atoms with E-state index in [0.717, 1.165) is 25.7 Å². The van der Waals surface area contributed by atoms with Crippen molar-refractivity contribution < 1.29 is 19.4 Å². The number of ether oxygens (including phenoxy) is 2. The summed E-state index contributed by atoms with van der Waals surface area (Å²) in [5.74, 6) is 0.846. The standard InChI is InChI=1S/C26H36O4S/c1-17-9-7-11-18(2)23-24-20(15-22(29-23)26(3,28)14-8-10-17)21(25(27)30-24)16-31-19-12-5-4-6-13-19/h4-6,10,12-13,18,20-24,28H,7-9,11,14-16H2,1-3H3/b17-10-. The van der Waals surface area contributed by atoms with Crippen LogP contribution in [0, 0.1) is 17.8 Å². The molecule has 0 saturated carbocycles. The first-order valence-corrected chi connectivity index (χ1v) is 12.8. The van der Waals surface area contributed by atoms with Crippen LogP contribution >= 0.6 is 11.8 Å². The SMILES string of the molecule is C/C1=C/CCC(C)(O)C2CC3C(CSc4ccccc4)C(=O)OC3C(O2)C(C)CCC1. The van der Waals surface area contributed by atoms with Gasteiger partial charge < -0.3 is 14.6 Å². The maximum absolute atomic E-state index is 12.9. The molecule has 5 heteroatoms. The third kappa shape index (κ3) is 5.20. The Hall–Kier alpha value is -1.30. The molecule has 3 aliphatic rings. The lowest BCUT2D eigenvalue weighted by Crippen LogP contribution is -2.55. The molecule has 1 N–H and O–H groups in total. The predicted molar refractivity (Wildman–Crippen MR) is 124 cm³/mol. The minimum absolute atomic E-state index is 0.0960. The monoisotopic (exact) mass is 444 g/mol. The van der Waals surface area contributed by atoms with Gasteiger partial charge in [-0.1, -0.05) is 36.8 Å². The summed E-state index contributed by atoms with van der Waals surface area (Å²) >= 11 is 1.72. The molecule has 7 atom stereocenters. The summed E-state index contributed by atoms with van der Waals surface area (Å²) in [5, 5.41) is 11.3. The molecule has 3 aliphatic heterocycles. The Kier molecular flexibility index (Phi) is 7.14. The number of rotatable bonds is 3. The number of esters is 1. The Morgan fingerprint density at radius 1 is 1.23 bits per heavy atom. The third-order valence-electron chi connectivity index (χ3n) is 7.43. The van der Waals surface area contributed by atoms with Crippen LogP contribution in [0.5, 0.6) is 0 Å². The fourth-order valence-electron chi connectivity index (χ4n) is 5.39. The van der Waals surface area contributed by atoms with Gasteiger partial charge in [0, 0.05) is 16.6 Å². The molecule has 7 unspecified atom stereocenters. The van der Waals surface area contributed by atoms with Gasteiger partial charge in [-0.3, -0.25) is 4.79 Å². The Morgan fingerprint density at radius 2 is 2.00 bits per heavy atom. The minimum atomic E-state index is -0.915. The largest absolute Gasteiger partial charge is 0.459 e. The van der Waals surface area contributed by atoms with E-state index in [9.17, 15) is 9.90 Å². The second-order valence-electron chi connectivity index (χ2n) is 9.94. The van der Waals surface area contributed by atoms with Crippen molar-refractivity contribution in [3.8, 4) is 0 Å². The lowest BCUT2D eigenvalue weighted by atomic mass is 9.74. The van der Waals surface area contributed by atoms with Crippen LogP contribution in [0.1, 0.15) is 59.3 Å².